The number of rotatable bonds is 2. The fourth-order valence-electron chi connectivity index (χ4n) is 5.55. The van der Waals surface area contributed by atoms with E-state index in [4.69, 9.17) is 0 Å². The van der Waals surface area contributed by atoms with Gasteiger partial charge in [-0.3, -0.25) is 0 Å². The smallest absolute Gasteiger partial charge is 0 e. The van der Waals surface area contributed by atoms with Gasteiger partial charge >= 0.3 is 0 Å². The summed E-state index contributed by atoms with van der Waals surface area (Å²) < 4.78 is 4.53. The Morgan fingerprint density at radius 1 is 0.529 bits per heavy atom. The minimum absolute atomic E-state index is 0. The predicted octanol–water partition coefficient (Wildman–Crippen LogP) is 9.86. The van der Waals surface area contributed by atoms with E-state index < -0.39 is 0 Å². The Balaban J connectivity index is -0.000000381. The number of hydrogen-bond acceptors (Lipinski definition) is 1. The first-order valence-corrected chi connectivity index (χ1v) is 17.8. The Hall–Kier alpha value is 1.44. The third-order valence-corrected chi connectivity index (χ3v) is 13.8. The van der Waals surface area contributed by atoms with Crippen LogP contribution in [0.1, 0.15) is 69.2 Å². The van der Waals surface area contributed by atoms with Gasteiger partial charge < -0.3 is 4.42 Å². The largest absolute Gasteiger partial charge is 0.576 e. The van der Waals surface area contributed by atoms with Gasteiger partial charge in [-0.25, -0.2) is 6.07 Å². The van der Waals surface area contributed by atoms with Gasteiger partial charge in [0.2, 0.25) is 0 Å². The summed E-state index contributed by atoms with van der Waals surface area (Å²) >= 11 is 0. The second kappa shape index (κ2) is 20.4. The Bertz CT molecular complexity index is 424. The summed E-state index contributed by atoms with van der Waals surface area (Å²) in [6.45, 7) is 33.4. The first kappa shape index (κ1) is 39.9. The molecule has 2 saturated carbocycles. The van der Waals surface area contributed by atoms with Crippen molar-refractivity contribution in [1.82, 2.24) is 0 Å². The third-order valence-electron chi connectivity index (χ3n) is 9.24. The summed E-state index contributed by atoms with van der Waals surface area (Å²) in [5.41, 5.74) is 0. The summed E-state index contributed by atoms with van der Waals surface area (Å²) in [5, 5.41) is 0. The molecule has 1 aromatic rings. The summed E-state index contributed by atoms with van der Waals surface area (Å²) in [6, 6.07) is 4.40. The molecule has 1 aromatic heterocycles. The van der Waals surface area contributed by atoms with Gasteiger partial charge in [0.05, 0.1) is 0 Å². The summed E-state index contributed by atoms with van der Waals surface area (Å²) in [5.74, 6) is 10.8. The van der Waals surface area contributed by atoms with Crippen LogP contribution in [0.25, 0.3) is 0 Å². The van der Waals surface area contributed by atoms with Crippen molar-refractivity contribution in [2.45, 2.75) is 69.2 Å². The van der Waals surface area contributed by atoms with E-state index in [1.165, 1.54) is 12.2 Å². The van der Waals surface area contributed by atoms with E-state index in [0.29, 0.717) is 15.8 Å². The average Bonchev–Trinajstić information content (AvgIpc) is 3.41. The van der Waals surface area contributed by atoms with Crippen molar-refractivity contribution in [3.63, 3.8) is 0 Å². The van der Waals surface area contributed by atoms with Crippen LogP contribution in [-0.4, -0.2) is 32.6 Å². The van der Waals surface area contributed by atoms with Crippen LogP contribution < -0.4 is 0 Å². The molecule has 0 amide bonds. The van der Waals surface area contributed by atoms with E-state index in [1.807, 2.05) is 0 Å². The molecule has 0 aromatic carbocycles. The fourth-order valence-corrected chi connectivity index (χ4v) is 10.1. The standard InChI is InChI=1S/2C10H20.C5H14P2.C4H3O.2Ir/c2*1-6-7(2)9(4)10(5)8(6)3;1-6(2)5-7(3)4;1-2-4-5-3-1;;/h2*6-10H,1-5H3;5H2,1-4H3;1,3-4H;;/q;;;-1;;. The molecule has 0 N–H and O–H groups in total. The molecular formula is C29H57Ir2OP2-. The van der Waals surface area contributed by atoms with Crippen molar-refractivity contribution in [3.05, 3.63) is 24.7 Å². The monoisotopic (exact) mass is 869 g/mol. The maximum Gasteiger partial charge on any atom is 0 e. The van der Waals surface area contributed by atoms with Crippen LogP contribution in [0, 0.1) is 65.2 Å². The van der Waals surface area contributed by atoms with Crippen molar-refractivity contribution < 1.29 is 44.6 Å². The van der Waals surface area contributed by atoms with Crippen molar-refractivity contribution >= 4 is 15.8 Å². The molecular weight excluding hydrogens is 811 g/mol. The van der Waals surface area contributed by atoms with Crippen LogP contribution in [0.2, 0.25) is 0 Å². The Morgan fingerprint density at radius 3 is 0.824 bits per heavy atom. The van der Waals surface area contributed by atoms with E-state index in [9.17, 15) is 0 Å². The number of furan rings is 1. The molecule has 3 rings (SSSR count). The fraction of sp³-hybridized carbons (Fsp3) is 0.862. The molecule has 2 radical (unpaired) electrons. The Kier molecular flexibility index (Phi) is 24.0. The molecule has 0 unspecified atom stereocenters. The van der Waals surface area contributed by atoms with Crippen LogP contribution in [-0.2, 0) is 40.2 Å². The zero-order valence-corrected chi connectivity index (χ0v) is 31.3. The SMILES string of the molecule is CC1C(C)C(C)C(C)C1C.CC1C(C)C(C)C(C)C1C.CP(C)CP(C)C.[Ir].[Ir].[c-]1ccoc1. The second-order valence-corrected chi connectivity index (χ2v) is 17.1. The first-order chi connectivity index (χ1) is 14.7. The Labute approximate surface area is 244 Å². The summed E-state index contributed by atoms with van der Waals surface area (Å²) in [7, 11) is 0.778. The van der Waals surface area contributed by atoms with Gasteiger partial charge in [-0.15, -0.1) is 15.8 Å². The van der Waals surface area contributed by atoms with Crippen LogP contribution >= 0.6 is 15.8 Å². The van der Waals surface area contributed by atoms with E-state index in [-0.39, 0.29) is 40.2 Å². The molecule has 208 valence electrons. The minimum Gasteiger partial charge on any atom is -0.576 e. The quantitative estimate of drug-likeness (QED) is 0.213. The molecule has 5 heteroatoms. The van der Waals surface area contributed by atoms with Gasteiger partial charge in [-0.1, -0.05) is 75.5 Å². The van der Waals surface area contributed by atoms with Crippen LogP contribution in [0.15, 0.2) is 23.0 Å². The van der Waals surface area contributed by atoms with E-state index in [0.717, 1.165) is 59.2 Å². The van der Waals surface area contributed by atoms with Crippen LogP contribution in [0.4, 0.5) is 0 Å². The molecule has 0 saturated heterocycles. The molecule has 0 spiro atoms. The van der Waals surface area contributed by atoms with Gasteiger partial charge in [0, 0.05) is 40.2 Å². The summed E-state index contributed by atoms with van der Waals surface area (Å²) in [6.07, 6.45) is 3.07. The topological polar surface area (TPSA) is 13.1 Å². The predicted molar refractivity (Wildman–Crippen MR) is 152 cm³/mol. The molecule has 34 heavy (non-hydrogen) atoms. The van der Waals surface area contributed by atoms with E-state index in [1.54, 1.807) is 12.3 Å². The molecule has 1 nitrogen and oxygen atoms in total. The van der Waals surface area contributed by atoms with Crippen molar-refractivity contribution in [1.29, 1.82) is 0 Å². The van der Waals surface area contributed by atoms with E-state index >= 15 is 0 Å². The van der Waals surface area contributed by atoms with Crippen LogP contribution in [0.5, 0.6) is 0 Å². The average molecular weight is 868 g/mol. The molecule has 0 atom stereocenters. The van der Waals surface area contributed by atoms with Gasteiger partial charge in [0.1, 0.15) is 0 Å². The maximum atomic E-state index is 4.53. The van der Waals surface area contributed by atoms with E-state index in [2.05, 4.69) is 106 Å². The van der Waals surface area contributed by atoms with Crippen molar-refractivity contribution in [2.75, 3.05) is 32.6 Å². The van der Waals surface area contributed by atoms with Gasteiger partial charge in [0.25, 0.3) is 0 Å². The maximum absolute atomic E-state index is 4.53. The molecule has 0 bridgehead atoms. The van der Waals surface area contributed by atoms with Gasteiger partial charge in [-0.05, 0) is 98.0 Å². The zero-order chi connectivity index (χ0) is 25.2. The third kappa shape index (κ3) is 13.8. The number of hydrogen-bond donors (Lipinski definition) is 0. The van der Waals surface area contributed by atoms with Gasteiger partial charge in [-0.2, -0.15) is 6.07 Å². The van der Waals surface area contributed by atoms with Gasteiger partial charge in [0.15, 0.2) is 0 Å². The minimum atomic E-state index is 0. The first-order valence-electron chi connectivity index (χ1n) is 12.9. The molecule has 2 aliphatic carbocycles. The molecule has 2 fully saturated rings. The van der Waals surface area contributed by atoms with Crippen LogP contribution in [0.3, 0.4) is 0 Å². The van der Waals surface area contributed by atoms with Crippen molar-refractivity contribution in [2.24, 2.45) is 59.2 Å². The summed E-state index contributed by atoms with van der Waals surface area (Å²) in [4.78, 5) is 0. The zero-order valence-electron chi connectivity index (χ0n) is 24.7. The molecule has 1 heterocycles. The van der Waals surface area contributed by atoms with Crippen molar-refractivity contribution in [3.8, 4) is 0 Å². The molecule has 0 aliphatic heterocycles. The Morgan fingerprint density at radius 2 is 0.765 bits per heavy atom. The second-order valence-electron chi connectivity index (χ2n) is 11.6. The normalized spacial score (nSPS) is 36.1. The molecule has 2 aliphatic rings.